The Morgan fingerprint density at radius 1 is 1.25 bits per heavy atom. The number of piperidine rings is 1. The molecule has 0 aromatic heterocycles. The number of hydrogen-bond donors (Lipinski definition) is 1. The first-order valence-corrected chi connectivity index (χ1v) is 9.42. The highest BCUT2D eigenvalue weighted by Crippen LogP contribution is 2.24. The molecule has 0 spiro atoms. The van der Waals surface area contributed by atoms with Crippen molar-refractivity contribution < 1.29 is 9.00 Å². The third-order valence-corrected chi connectivity index (χ3v) is 6.39. The minimum absolute atomic E-state index is 0.0570. The zero-order valence-corrected chi connectivity index (χ0v) is 13.6. The van der Waals surface area contributed by atoms with Crippen LogP contribution in [0.15, 0.2) is 0 Å². The van der Waals surface area contributed by atoms with Crippen LogP contribution in [0.2, 0.25) is 0 Å². The van der Waals surface area contributed by atoms with Gasteiger partial charge >= 0.3 is 6.03 Å². The molecule has 4 nitrogen and oxygen atoms in total. The number of hydrogen-bond acceptors (Lipinski definition) is 2. The maximum atomic E-state index is 12.4. The molecule has 1 saturated heterocycles. The maximum absolute atomic E-state index is 12.4. The van der Waals surface area contributed by atoms with E-state index in [9.17, 15) is 9.00 Å². The van der Waals surface area contributed by atoms with Gasteiger partial charge in [-0.1, -0.05) is 26.7 Å². The molecule has 2 rings (SSSR count). The topological polar surface area (TPSA) is 49.4 Å². The minimum atomic E-state index is -0.805. The van der Waals surface area contributed by atoms with Gasteiger partial charge in [-0.3, -0.25) is 4.21 Å². The SMILES string of the molecule is CC[S@@](=O)[C@@H]1CCCC[C@@H]1NC(=O)N1CCC[C@H](C)C1. The summed E-state index contributed by atoms with van der Waals surface area (Å²) in [5.41, 5.74) is 0. The summed E-state index contributed by atoms with van der Waals surface area (Å²) < 4.78 is 12.1. The average molecular weight is 300 g/mol. The lowest BCUT2D eigenvalue weighted by Gasteiger charge is -2.36. The van der Waals surface area contributed by atoms with Crippen molar-refractivity contribution in [2.75, 3.05) is 18.8 Å². The lowest BCUT2D eigenvalue weighted by Crippen LogP contribution is -2.53. The van der Waals surface area contributed by atoms with E-state index >= 15 is 0 Å². The Labute approximate surface area is 125 Å². The molecule has 1 saturated carbocycles. The third kappa shape index (κ3) is 3.96. The highest BCUT2D eigenvalue weighted by Gasteiger charge is 2.32. The van der Waals surface area contributed by atoms with E-state index in [0.29, 0.717) is 11.7 Å². The minimum Gasteiger partial charge on any atom is -0.334 e. The van der Waals surface area contributed by atoms with Gasteiger partial charge in [0.2, 0.25) is 0 Å². The normalized spacial score (nSPS) is 32.7. The predicted molar refractivity (Wildman–Crippen MR) is 83.2 cm³/mol. The molecule has 0 bridgehead atoms. The van der Waals surface area contributed by atoms with Crippen LogP contribution in [0.25, 0.3) is 0 Å². The van der Waals surface area contributed by atoms with E-state index < -0.39 is 10.8 Å². The van der Waals surface area contributed by atoms with Crippen molar-refractivity contribution in [3.63, 3.8) is 0 Å². The van der Waals surface area contributed by atoms with Gasteiger partial charge < -0.3 is 10.2 Å². The molecule has 1 aliphatic carbocycles. The molecule has 0 radical (unpaired) electrons. The molecule has 0 aromatic carbocycles. The summed E-state index contributed by atoms with van der Waals surface area (Å²) in [5.74, 6) is 1.29. The lowest BCUT2D eigenvalue weighted by atomic mass is 9.95. The van der Waals surface area contributed by atoms with Crippen LogP contribution < -0.4 is 5.32 Å². The zero-order chi connectivity index (χ0) is 14.5. The number of carbonyl (C=O) groups excluding carboxylic acids is 1. The van der Waals surface area contributed by atoms with Crippen molar-refractivity contribution in [1.29, 1.82) is 0 Å². The van der Waals surface area contributed by atoms with Crippen LogP contribution in [-0.4, -0.2) is 45.3 Å². The van der Waals surface area contributed by atoms with Crippen LogP contribution in [0.3, 0.4) is 0 Å². The summed E-state index contributed by atoms with van der Waals surface area (Å²) in [7, 11) is -0.805. The molecule has 0 unspecified atom stereocenters. The summed E-state index contributed by atoms with van der Waals surface area (Å²) in [6, 6.07) is 0.163. The van der Waals surface area contributed by atoms with E-state index in [2.05, 4.69) is 12.2 Å². The van der Waals surface area contributed by atoms with Gasteiger partial charge in [0.1, 0.15) is 0 Å². The van der Waals surface area contributed by atoms with Crippen LogP contribution in [-0.2, 0) is 10.8 Å². The Morgan fingerprint density at radius 2 is 2.00 bits per heavy atom. The van der Waals surface area contributed by atoms with Crippen molar-refractivity contribution in [2.24, 2.45) is 5.92 Å². The fourth-order valence-corrected chi connectivity index (χ4v) is 4.84. The Morgan fingerprint density at radius 3 is 2.70 bits per heavy atom. The predicted octanol–water partition coefficient (Wildman–Crippen LogP) is 2.51. The van der Waals surface area contributed by atoms with Crippen molar-refractivity contribution in [1.82, 2.24) is 10.2 Å². The molecule has 1 aliphatic heterocycles. The van der Waals surface area contributed by atoms with Gasteiger partial charge in [0.25, 0.3) is 0 Å². The summed E-state index contributed by atoms with van der Waals surface area (Å²) >= 11 is 0. The molecule has 20 heavy (non-hydrogen) atoms. The first kappa shape index (κ1) is 15.8. The lowest BCUT2D eigenvalue weighted by molar-refractivity contribution is 0.164. The molecule has 1 heterocycles. The van der Waals surface area contributed by atoms with Gasteiger partial charge in [-0.25, -0.2) is 4.79 Å². The summed E-state index contributed by atoms with van der Waals surface area (Å²) in [5, 5.41) is 3.32. The second-order valence-corrected chi connectivity index (χ2v) is 8.19. The number of nitrogens with one attached hydrogen (secondary N) is 1. The quantitative estimate of drug-likeness (QED) is 0.870. The third-order valence-electron chi connectivity index (χ3n) is 4.58. The molecule has 5 heteroatoms. The van der Waals surface area contributed by atoms with E-state index in [0.717, 1.165) is 45.2 Å². The van der Waals surface area contributed by atoms with Gasteiger partial charge in [-0.2, -0.15) is 0 Å². The van der Waals surface area contributed by atoms with Gasteiger partial charge in [-0.15, -0.1) is 0 Å². The van der Waals surface area contributed by atoms with Crippen molar-refractivity contribution >= 4 is 16.8 Å². The highest BCUT2D eigenvalue weighted by molar-refractivity contribution is 7.85. The van der Waals surface area contributed by atoms with Gasteiger partial charge in [-0.05, 0) is 31.6 Å². The Kier molecular flexibility index (Phi) is 5.87. The fourth-order valence-electron chi connectivity index (χ4n) is 3.41. The van der Waals surface area contributed by atoms with Crippen LogP contribution in [0.1, 0.15) is 52.4 Å². The monoisotopic (exact) mass is 300 g/mol. The number of amides is 2. The number of carbonyl (C=O) groups is 1. The van der Waals surface area contributed by atoms with E-state index in [1.165, 1.54) is 6.42 Å². The standard InChI is InChI=1S/C15H28N2O2S/c1-3-20(19)14-9-5-4-8-13(14)16-15(18)17-10-6-7-12(2)11-17/h12-14H,3-11H2,1-2H3,(H,16,18)/t12-,13-,14+,20+/m0/s1. The molecular formula is C15H28N2O2S. The number of urea groups is 1. The molecule has 2 fully saturated rings. The molecule has 116 valence electrons. The summed E-state index contributed by atoms with van der Waals surface area (Å²) in [6.45, 7) is 5.90. The average Bonchev–Trinajstić information content (AvgIpc) is 2.47. The summed E-state index contributed by atoms with van der Waals surface area (Å²) in [6.07, 6.45) is 6.56. The van der Waals surface area contributed by atoms with Crippen LogP contribution >= 0.6 is 0 Å². The van der Waals surface area contributed by atoms with Gasteiger partial charge in [0.05, 0.1) is 5.25 Å². The fraction of sp³-hybridized carbons (Fsp3) is 0.933. The van der Waals surface area contributed by atoms with Crippen LogP contribution in [0.5, 0.6) is 0 Å². The zero-order valence-electron chi connectivity index (χ0n) is 12.8. The summed E-state index contributed by atoms with van der Waals surface area (Å²) in [4.78, 5) is 14.3. The number of nitrogens with zero attached hydrogens (tertiary/aromatic N) is 1. The number of likely N-dealkylation sites (tertiary alicyclic amines) is 1. The van der Waals surface area contributed by atoms with Crippen molar-refractivity contribution in [3.8, 4) is 0 Å². The first-order valence-electron chi connectivity index (χ1n) is 8.04. The second-order valence-electron chi connectivity index (χ2n) is 6.24. The molecule has 1 N–H and O–H groups in total. The van der Waals surface area contributed by atoms with Gasteiger partial charge in [0.15, 0.2) is 0 Å². The molecule has 0 aromatic rings. The van der Waals surface area contributed by atoms with Crippen molar-refractivity contribution in [2.45, 2.75) is 63.7 Å². The smallest absolute Gasteiger partial charge is 0.317 e. The highest BCUT2D eigenvalue weighted by atomic mass is 32.2. The number of rotatable bonds is 3. The molecule has 2 aliphatic rings. The van der Waals surface area contributed by atoms with Gasteiger partial charge in [0, 0.05) is 35.7 Å². The second kappa shape index (κ2) is 7.43. The Bertz CT molecular complexity index is 362. The Balaban J connectivity index is 1.92. The van der Waals surface area contributed by atoms with Crippen LogP contribution in [0.4, 0.5) is 4.79 Å². The van der Waals surface area contributed by atoms with E-state index in [4.69, 9.17) is 0 Å². The largest absolute Gasteiger partial charge is 0.334 e. The molecule has 2 amide bonds. The molecule has 4 atom stereocenters. The van der Waals surface area contributed by atoms with E-state index in [-0.39, 0.29) is 17.3 Å². The maximum Gasteiger partial charge on any atom is 0.317 e. The molecular weight excluding hydrogens is 272 g/mol. The van der Waals surface area contributed by atoms with Crippen LogP contribution in [0, 0.1) is 5.92 Å². The van der Waals surface area contributed by atoms with E-state index in [1.807, 2.05) is 11.8 Å². The first-order chi connectivity index (χ1) is 9.61. The van der Waals surface area contributed by atoms with E-state index in [1.54, 1.807) is 0 Å². The Hall–Kier alpha value is -0.580. The van der Waals surface area contributed by atoms with Crippen molar-refractivity contribution in [3.05, 3.63) is 0 Å².